The number of aliphatic carboxylic acids is 1. The zero-order valence-corrected chi connectivity index (χ0v) is 12.6. The number of rotatable bonds is 7. The topological polar surface area (TPSA) is 102 Å². The Morgan fingerprint density at radius 1 is 1.32 bits per heavy atom. The van der Waals surface area contributed by atoms with Crippen molar-refractivity contribution in [3.8, 4) is 0 Å². The number of carbonyl (C=O) groups is 2. The highest BCUT2D eigenvalue weighted by Crippen LogP contribution is 2.11. The summed E-state index contributed by atoms with van der Waals surface area (Å²) in [6.07, 6.45) is 2.34. The van der Waals surface area contributed by atoms with Gasteiger partial charge in [-0.1, -0.05) is 6.92 Å². The number of hydrogen-bond donors (Lipinski definition) is 2. The number of carbonyl (C=O) groups excluding carboxylic acids is 1. The molecule has 1 amide bonds. The van der Waals surface area contributed by atoms with Crippen molar-refractivity contribution in [2.75, 3.05) is 5.32 Å². The third kappa shape index (κ3) is 3.72. The largest absolute Gasteiger partial charge is 0.481 e. The quantitative estimate of drug-likeness (QED) is 0.807. The van der Waals surface area contributed by atoms with E-state index in [1.807, 2.05) is 11.6 Å². The van der Waals surface area contributed by atoms with Gasteiger partial charge in [-0.05, 0) is 19.4 Å². The molecule has 2 rings (SSSR count). The van der Waals surface area contributed by atoms with Gasteiger partial charge in [0.25, 0.3) is 5.91 Å². The van der Waals surface area contributed by atoms with Crippen LogP contribution in [0.25, 0.3) is 0 Å². The normalized spacial score (nSPS) is 10.6. The Balaban J connectivity index is 2.07. The summed E-state index contributed by atoms with van der Waals surface area (Å²) in [4.78, 5) is 22.9. The van der Waals surface area contributed by atoms with Gasteiger partial charge in [-0.3, -0.25) is 19.0 Å². The first-order valence-corrected chi connectivity index (χ1v) is 7.10. The molecule has 0 aliphatic heterocycles. The van der Waals surface area contributed by atoms with Gasteiger partial charge in [-0.25, -0.2) is 0 Å². The van der Waals surface area contributed by atoms with Crippen molar-refractivity contribution in [1.29, 1.82) is 0 Å². The summed E-state index contributed by atoms with van der Waals surface area (Å²) in [5.74, 6) is -0.818. The molecule has 0 saturated carbocycles. The van der Waals surface area contributed by atoms with E-state index in [1.165, 1.54) is 10.9 Å². The van der Waals surface area contributed by atoms with Crippen molar-refractivity contribution in [2.24, 2.45) is 0 Å². The van der Waals surface area contributed by atoms with Gasteiger partial charge >= 0.3 is 5.97 Å². The molecule has 0 atom stereocenters. The number of carboxylic acid groups (broad SMARTS) is 1. The average Bonchev–Trinajstić information content (AvgIpc) is 3.04. The Kier molecular flexibility index (Phi) is 4.92. The molecule has 0 spiro atoms. The Morgan fingerprint density at radius 2 is 2.09 bits per heavy atom. The molecule has 0 aromatic carbocycles. The molecule has 0 unspecified atom stereocenters. The highest BCUT2D eigenvalue weighted by atomic mass is 16.4. The van der Waals surface area contributed by atoms with E-state index in [4.69, 9.17) is 5.11 Å². The van der Waals surface area contributed by atoms with Crippen LogP contribution in [0.1, 0.15) is 35.9 Å². The van der Waals surface area contributed by atoms with E-state index in [0.29, 0.717) is 11.5 Å². The number of amides is 1. The molecule has 0 saturated heterocycles. The summed E-state index contributed by atoms with van der Waals surface area (Å²) >= 11 is 0. The molecule has 118 valence electrons. The minimum atomic E-state index is -0.934. The molecule has 0 bridgehead atoms. The maximum Gasteiger partial charge on any atom is 0.305 e. The van der Waals surface area contributed by atoms with Crippen molar-refractivity contribution in [3.63, 3.8) is 0 Å². The Labute approximate surface area is 127 Å². The predicted octanol–water partition coefficient (Wildman–Crippen LogP) is 1.53. The van der Waals surface area contributed by atoms with Crippen LogP contribution in [-0.4, -0.2) is 36.5 Å². The molecule has 8 heteroatoms. The maximum atomic E-state index is 12.3. The van der Waals surface area contributed by atoms with Crippen LogP contribution < -0.4 is 5.32 Å². The highest BCUT2D eigenvalue weighted by molar-refractivity contribution is 6.02. The summed E-state index contributed by atoms with van der Waals surface area (Å²) < 4.78 is 3.21. The van der Waals surface area contributed by atoms with E-state index < -0.39 is 5.97 Å². The summed E-state index contributed by atoms with van der Waals surface area (Å²) in [6.45, 7) is 4.92. The van der Waals surface area contributed by atoms with Gasteiger partial charge in [0, 0.05) is 24.5 Å². The Morgan fingerprint density at radius 3 is 2.77 bits per heavy atom. The summed E-state index contributed by atoms with van der Waals surface area (Å²) in [7, 11) is 0. The molecule has 8 nitrogen and oxygen atoms in total. The van der Waals surface area contributed by atoms with Gasteiger partial charge in [0.1, 0.15) is 5.69 Å². The predicted molar refractivity (Wildman–Crippen MR) is 79.7 cm³/mol. The fourth-order valence-electron chi connectivity index (χ4n) is 2.10. The van der Waals surface area contributed by atoms with Crippen LogP contribution in [0.5, 0.6) is 0 Å². The van der Waals surface area contributed by atoms with Crippen LogP contribution in [0, 0.1) is 6.92 Å². The van der Waals surface area contributed by atoms with E-state index in [9.17, 15) is 9.59 Å². The summed E-state index contributed by atoms with van der Waals surface area (Å²) in [6, 6.07) is 3.35. The molecule has 2 aromatic rings. The number of nitrogens with zero attached hydrogens (tertiary/aromatic N) is 4. The molecule has 0 aliphatic rings. The van der Waals surface area contributed by atoms with Crippen LogP contribution in [0.15, 0.2) is 18.3 Å². The summed E-state index contributed by atoms with van der Waals surface area (Å²) in [5, 5.41) is 19.7. The second kappa shape index (κ2) is 6.88. The van der Waals surface area contributed by atoms with Crippen molar-refractivity contribution in [3.05, 3.63) is 29.7 Å². The zero-order chi connectivity index (χ0) is 16.1. The number of nitrogens with one attached hydrogen (secondary N) is 1. The molecule has 2 aromatic heterocycles. The lowest BCUT2D eigenvalue weighted by Gasteiger charge is -2.05. The first-order valence-electron chi connectivity index (χ1n) is 7.10. The summed E-state index contributed by atoms with van der Waals surface area (Å²) in [5.41, 5.74) is 1.28. The van der Waals surface area contributed by atoms with Crippen LogP contribution in [-0.2, 0) is 17.9 Å². The standard InChI is InChI=1S/C14H19N5O3/c1-3-7-18-10(2)9-12(17-18)16-14(22)11-4-6-15-19(11)8-5-13(20)21/h4,6,9H,3,5,7-8H2,1-2H3,(H,20,21)(H,16,17,22). The molecular weight excluding hydrogens is 286 g/mol. The Hall–Kier alpha value is -2.64. The lowest BCUT2D eigenvalue weighted by atomic mass is 10.3. The van der Waals surface area contributed by atoms with Crippen molar-refractivity contribution in [2.45, 2.75) is 39.8 Å². The monoisotopic (exact) mass is 305 g/mol. The van der Waals surface area contributed by atoms with E-state index in [2.05, 4.69) is 22.4 Å². The molecular formula is C14H19N5O3. The molecule has 0 radical (unpaired) electrons. The van der Waals surface area contributed by atoms with Gasteiger partial charge in [0.05, 0.1) is 13.0 Å². The third-order valence-corrected chi connectivity index (χ3v) is 3.14. The highest BCUT2D eigenvalue weighted by Gasteiger charge is 2.15. The van der Waals surface area contributed by atoms with Crippen LogP contribution in [0.4, 0.5) is 5.82 Å². The smallest absolute Gasteiger partial charge is 0.305 e. The zero-order valence-electron chi connectivity index (χ0n) is 12.6. The first-order chi connectivity index (χ1) is 10.5. The van der Waals surface area contributed by atoms with Crippen molar-refractivity contribution >= 4 is 17.7 Å². The lowest BCUT2D eigenvalue weighted by molar-refractivity contribution is -0.137. The molecule has 2 heterocycles. The van der Waals surface area contributed by atoms with Crippen LogP contribution in [0.2, 0.25) is 0 Å². The number of anilines is 1. The SMILES string of the molecule is CCCn1nc(NC(=O)c2ccnn2CCC(=O)O)cc1C. The van der Waals surface area contributed by atoms with E-state index >= 15 is 0 Å². The fraction of sp³-hybridized carbons (Fsp3) is 0.429. The van der Waals surface area contributed by atoms with Crippen LogP contribution >= 0.6 is 0 Å². The average molecular weight is 305 g/mol. The van der Waals surface area contributed by atoms with Gasteiger partial charge in [0.2, 0.25) is 0 Å². The molecule has 22 heavy (non-hydrogen) atoms. The van der Waals surface area contributed by atoms with Crippen molar-refractivity contribution < 1.29 is 14.7 Å². The second-order valence-corrected chi connectivity index (χ2v) is 4.93. The molecule has 0 aliphatic carbocycles. The Bertz CT molecular complexity index is 674. The lowest BCUT2D eigenvalue weighted by Crippen LogP contribution is -2.19. The van der Waals surface area contributed by atoms with Gasteiger partial charge in [-0.15, -0.1) is 0 Å². The molecule has 0 fully saturated rings. The van der Waals surface area contributed by atoms with Gasteiger partial charge in [-0.2, -0.15) is 10.2 Å². The molecule has 2 N–H and O–H groups in total. The maximum absolute atomic E-state index is 12.3. The third-order valence-electron chi connectivity index (χ3n) is 3.14. The number of aryl methyl sites for hydroxylation is 3. The number of carboxylic acids is 1. The van der Waals surface area contributed by atoms with Gasteiger partial charge < -0.3 is 10.4 Å². The van der Waals surface area contributed by atoms with E-state index in [1.54, 1.807) is 12.1 Å². The fourth-order valence-corrected chi connectivity index (χ4v) is 2.10. The minimum Gasteiger partial charge on any atom is -0.481 e. The van der Waals surface area contributed by atoms with Gasteiger partial charge in [0.15, 0.2) is 5.82 Å². The number of aromatic nitrogens is 4. The van der Waals surface area contributed by atoms with Crippen LogP contribution in [0.3, 0.4) is 0 Å². The minimum absolute atomic E-state index is 0.0911. The van der Waals surface area contributed by atoms with E-state index in [0.717, 1.165) is 18.7 Å². The first kappa shape index (κ1) is 15.7. The van der Waals surface area contributed by atoms with E-state index in [-0.39, 0.29) is 18.9 Å². The van der Waals surface area contributed by atoms with Crippen molar-refractivity contribution in [1.82, 2.24) is 19.6 Å². The number of hydrogen-bond acceptors (Lipinski definition) is 4. The second-order valence-electron chi connectivity index (χ2n) is 4.93.